The number of furan rings is 1. The van der Waals surface area contributed by atoms with Crippen LogP contribution in [-0.2, 0) is 33.5 Å². The average Bonchev–Trinajstić information content (AvgIpc) is 3.86. The first-order valence-corrected chi connectivity index (χ1v) is 20.9. The Balaban J connectivity index is 0.000000338. The predicted octanol–water partition coefficient (Wildman–Crippen LogP) is 10.5. The first kappa shape index (κ1) is 29.3. The van der Waals surface area contributed by atoms with Crippen molar-refractivity contribution < 1.29 is 40.1 Å². The predicted molar refractivity (Wildman–Crippen MR) is 219 cm³/mol. The van der Waals surface area contributed by atoms with Crippen LogP contribution in [0.15, 0.2) is 114 Å². The van der Waals surface area contributed by atoms with Crippen molar-refractivity contribution in [3.05, 3.63) is 145 Å². The number of hydrogen-bond acceptors (Lipinski definition) is 3. The summed E-state index contributed by atoms with van der Waals surface area (Å²) in [5.41, 5.74) is 3.86. The van der Waals surface area contributed by atoms with Crippen molar-refractivity contribution in [2.75, 3.05) is 0 Å². The van der Waals surface area contributed by atoms with E-state index >= 15 is 0 Å². The van der Waals surface area contributed by atoms with Crippen LogP contribution in [-0.4, -0.2) is 17.6 Å². The summed E-state index contributed by atoms with van der Waals surface area (Å²) < 4.78 is 73.5. The van der Waals surface area contributed by atoms with Gasteiger partial charge in [0.2, 0.25) is 6.33 Å². The van der Waals surface area contributed by atoms with E-state index in [0.29, 0.717) is 33.6 Å². The van der Waals surface area contributed by atoms with E-state index in [1.165, 1.54) is 12.4 Å². The average molecular weight is 909 g/mol. The topological polar surface area (TPSA) is 58.6 Å². The van der Waals surface area contributed by atoms with Gasteiger partial charge in [-0.05, 0) is 58.4 Å². The van der Waals surface area contributed by atoms with Crippen LogP contribution in [0.5, 0.6) is 0 Å². The monoisotopic (exact) mass is 909 g/mol. The van der Waals surface area contributed by atoms with Crippen LogP contribution >= 0.6 is 0 Å². The quantitative estimate of drug-likeness (QED) is 0.0982. The minimum Gasteiger partial charge on any atom is -0.500 e. The first-order chi connectivity index (χ1) is 28.5. The Hall–Kier alpha value is -5.12. The molecule has 0 saturated carbocycles. The fourth-order valence-corrected chi connectivity index (χ4v) is 7.98. The van der Waals surface area contributed by atoms with Crippen molar-refractivity contribution in [3.8, 4) is 34.1 Å². The van der Waals surface area contributed by atoms with Gasteiger partial charge in [0.1, 0.15) is 5.58 Å². The summed E-state index contributed by atoms with van der Waals surface area (Å²) in [6.07, 6.45) is 5.10. The second kappa shape index (κ2) is 15.3. The number of rotatable bonds is 5. The number of benzene rings is 5. The Kier molecular flexibility index (Phi) is 8.30. The molecule has 0 unspecified atom stereocenters. The molecule has 0 N–H and O–H groups in total. The zero-order valence-electron chi connectivity index (χ0n) is 38.9. The molecule has 0 radical (unpaired) electrons. The second-order valence-corrected chi connectivity index (χ2v) is 20.1. The van der Waals surface area contributed by atoms with Gasteiger partial charge in [-0.25, -0.2) is 0 Å². The fourth-order valence-electron chi connectivity index (χ4n) is 6.48. The van der Waals surface area contributed by atoms with Crippen molar-refractivity contribution in [3.63, 3.8) is 0 Å². The van der Waals surface area contributed by atoms with Crippen LogP contribution in [0.1, 0.15) is 48.4 Å². The van der Waals surface area contributed by atoms with Gasteiger partial charge in [-0.1, -0.05) is 111 Å². The Morgan fingerprint density at radius 1 is 0.981 bits per heavy atom. The molecule has 54 heavy (non-hydrogen) atoms. The molecule has 0 fully saturated rings. The molecule has 3 aromatic heterocycles. The summed E-state index contributed by atoms with van der Waals surface area (Å²) in [7, 11) is -1.97. The van der Waals surface area contributed by atoms with Crippen LogP contribution in [0, 0.1) is 42.1 Å². The Bertz CT molecular complexity index is 2970. The van der Waals surface area contributed by atoms with Gasteiger partial charge in [0.25, 0.3) is 0 Å². The fraction of sp³-hybridized carbons (Fsp3) is 0.213. The maximum absolute atomic E-state index is 10.2. The molecule has 0 bridgehead atoms. The van der Waals surface area contributed by atoms with Gasteiger partial charge in [0, 0.05) is 44.5 Å². The van der Waals surface area contributed by atoms with Gasteiger partial charge in [-0.15, -0.1) is 17.3 Å². The molecule has 0 saturated heterocycles. The molecule has 8 aromatic rings. The van der Waals surface area contributed by atoms with Gasteiger partial charge in [-0.2, -0.15) is 35.6 Å². The molecule has 0 aliphatic heterocycles. The number of nitrogens with zero attached hydrogens (tertiary/aromatic N) is 4. The Morgan fingerprint density at radius 3 is 2.46 bits per heavy atom. The molecule has 3 heterocycles. The molecule has 0 aliphatic rings. The van der Waals surface area contributed by atoms with Crippen molar-refractivity contribution in [2.24, 2.45) is 12.4 Å². The molecule has 5 nitrogen and oxygen atoms in total. The van der Waals surface area contributed by atoms with Crippen molar-refractivity contribution >= 4 is 46.0 Å². The van der Waals surface area contributed by atoms with Crippen LogP contribution < -0.4 is 9.75 Å². The minimum atomic E-state index is -2.55. The number of fused-ring (bicyclic) bond motifs is 4. The Morgan fingerprint density at radius 2 is 1.78 bits per heavy atom. The van der Waals surface area contributed by atoms with E-state index in [4.69, 9.17) is 15.4 Å². The molecule has 270 valence electrons. The maximum Gasteiger partial charge on any atom is 3.00 e. The standard InChI is InChI=1S/C37H35N2OSi.C10H9N2.Ir/c1-23-22-39-31(19-28(23)20-37(2,3)4)29-16-17-32(41(5,6)7)34-30-15-14-27(21-38)33(36(30)40-35(29)34)26-13-12-24-10-8-9-11-25(24)18-26;1-11-7-8-12(9-11)10-5-3-2-4-6-10;/h8-15,17-19,22H,20H2,1-7H3;2-5,7-8H,1H3;/q2*-1;+3/i1D3,20D2;1D3;. The van der Waals surface area contributed by atoms with E-state index in [1.807, 2.05) is 66.7 Å². The van der Waals surface area contributed by atoms with Crippen LogP contribution in [0.25, 0.3) is 60.8 Å². The zero-order valence-corrected chi connectivity index (χ0v) is 34.3. The summed E-state index contributed by atoms with van der Waals surface area (Å²) in [4.78, 5) is 4.57. The third-order valence-electron chi connectivity index (χ3n) is 8.88. The number of imidazole rings is 1. The number of aromatic nitrogens is 3. The van der Waals surface area contributed by atoms with E-state index in [-0.39, 0.29) is 31.2 Å². The van der Waals surface area contributed by atoms with Crippen LogP contribution in [0.4, 0.5) is 0 Å². The van der Waals surface area contributed by atoms with Crippen LogP contribution in [0.2, 0.25) is 19.6 Å². The van der Waals surface area contributed by atoms with E-state index in [0.717, 1.165) is 42.5 Å². The Labute approximate surface area is 344 Å². The van der Waals surface area contributed by atoms with Gasteiger partial charge in [0.15, 0.2) is 0 Å². The molecular weight excluding hydrogens is 857 g/mol. The van der Waals surface area contributed by atoms with Crippen molar-refractivity contribution in [1.82, 2.24) is 9.55 Å². The van der Waals surface area contributed by atoms with E-state index < -0.39 is 33.7 Å². The molecule has 0 amide bonds. The van der Waals surface area contributed by atoms with Gasteiger partial charge in [-0.3, -0.25) is 0 Å². The van der Waals surface area contributed by atoms with Gasteiger partial charge < -0.3 is 18.5 Å². The minimum absolute atomic E-state index is 0. The van der Waals surface area contributed by atoms with E-state index in [1.54, 1.807) is 43.7 Å². The van der Waals surface area contributed by atoms with Gasteiger partial charge in [0.05, 0.1) is 28.3 Å². The smallest absolute Gasteiger partial charge is 0.500 e. The van der Waals surface area contributed by atoms with Crippen molar-refractivity contribution in [1.29, 1.82) is 5.26 Å². The maximum atomic E-state index is 10.2. The number of aryl methyl sites for hydroxylation is 2. The largest absolute Gasteiger partial charge is 3.00 e. The second-order valence-electron chi connectivity index (χ2n) is 15.0. The normalized spacial score (nSPS) is 14.5. The molecule has 7 heteroatoms. The van der Waals surface area contributed by atoms with Crippen molar-refractivity contribution in [2.45, 2.75) is 53.6 Å². The molecule has 0 atom stereocenters. The summed E-state index contributed by atoms with van der Waals surface area (Å²) in [5, 5.41) is 15.3. The molecule has 5 aromatic carbocycles. The molecular formula is C47H44IrN4OSi+. The van der Waals surface area contributed by atoms with Crippen LogP contribution in [0.3, 0.4) is 0 Å². The number of pyridine rings is 1. The third kappa shape index (κ3) is 7.88. The number of para-hydroxylation sites is 1. The SMILES string of the molecule is [2H]C([2H])([2H])[n+]1[c-]n(-c2[c-]cccc2)cc1.[2H]C([2H])([2H])c1cnc(-c2[c-]cc([Si](C)(C)C)c3c2oc2c(-c4ccc5ccccc5c4)c(C#N)ccc23)cc1C([2H])([2H])C(C)(C)C.[Ir+3]. The molecule has 0 aliphatic carbocycles. The number of hydrogen-bond donors (Lipinski definition) is 0. The summed E-state index contributed by atoms with van der Waals surface area (Å²) in [6.45, 7) is 7.28. The zero-order chi connectivity index (χ0) is 44.3. The van der Waals surface area contributed by atoms with Gasteiger partial charge >= 0.3 is 20.1 Å². The third-order valence-corrected chi connectivity index (χ3v) is 10.9. The van der Waals surface area contributed by atoms with E-state index in [2.05, 4.69) is 61.3 Å². The van der Waals surface area contributed by atoms with E-state index in [9.17, 15) is 5.26 Å². The first-order valence-electron chi connectivity index (χ1n) is 21.4. The number of nitriles is 1. The summed E-state index contributed by atoms with van der Waals surface area (Å²) in [6, 6.07) is 37.6. The summed E-state index contributed by atoms with van der Waals surface area (Å²) >= 11 is 0. The molecule has 0 spiro atoms. The summed E-state index contributed by atoms with van der Waals surface area (Å²) in [5.74, 6) is 0. The molecule has 8 rings (SSSR count).